The molecular formula is C18H19N3O3S3. The van der Waals surface area contributed by atoms with Crippen LogP contribution < -0.4 is 5.32 Å². The average Bonchev–Trinajstić information content (AvgIpc) is 3.30. The van der Waals surface area contributed by atoms with Gasteiger partial charge in [0.1, 0.15) is 10.3 Å². The van der Waals surface area contributed by atoms with Crippen molar-refractivity contribution in [2.75, 3.05) is 11.9 Å². The van der Waals surface area contributed by atoms with E-state index in [1.54, 1.807) is 28.8 Å². The van der Waals surface area contributed by atoms with Gasteiger partial charge >= 0.3 is 0 Å². The van der Waals surface area contributed by atoms with Crippen molar-refractivity contribution in [1.82, 2.24) is 9.29 Å². The largest absolute Gasteiger partial charge is 0.325 e. The lowest BCUT2D eigenvalue weighted by molar-refractivity contribution is -0.120. The van der Waals surface area contributed by atoms with Crippen LogP contribution in [0.2, 0.25) is 0 Å². The number of sulfonamides is 1. The van der Waals surface area contributed by atoms with Gasteiger partial charge in [0.15, 0.2) is 0 Å². The molecule has 0 saturated carbocycles. The van der Waals surface area contributed by atoms with E-state index in [4.69, 9.17) is 0 Å². The zero-order valence-corrected chi connectivity index (χ0v) is 17.2. The van der Waals surface area contributed by atoms with Crippen molar-refractivity contribution in [2.45, 2.75) is 36.4 Å². The van der Waals surface area contributed by atoms with Crippen LogP contribution in [0.3, 0.4) is 0 Å². The molecule has 1 saturated heterocycles. The highest BCUT2D eigenvalue weighted by Gasteiger charge is 2.38. The summed E-state index contributed by atoms with van der Waals surface area (Å²) in [6.45, 7) is 2.31. The maximum atomic E-state index is 12.9. The average molecular weight is 422 g/mol. The second-order valence-corrected chi connectivity index (χ2v) is 10.8. The van der Waals surface area contributed by atoms with Crippen LogP contribution in [0.5, 0.6) is 0 Å². The first kappa shape index (κ1) is 18.5. The summed E-state index contributed by atoms with van der Waals surface area (Å²) >= 11 is 2.78. The fourth-order valence-corrected chi connectivity index (χ4v) is 6.91. The number of thiophene rings is 1. The third-order valence-electron chi connectivity index (χ3n) is 4.58. The van der Waals surface area contributed by atoms with Crippen LogP contribution in [-0.4, -0.2) is 36.2 Å². The molecule has 1 atom stereocenters. The summed E-state index contributed by atoms with van der Waals surface area (Å²) in [5, 5.41) is 5.58. The number of benzene rings is 1. The van der Waals surface area contributed by atoms with E-state index < -0.39 is 16.1 Å². The molecule has 0 bridgehead atoms. The summed E-state index contributed by atoms with van der Waals surface area (Å²) in [5.41, 5.74) is 1.47. The van der Waals surface area contributed by atoms with Gasteiger partial charge in [-0.05, 0) is 49.4 Å². The lowest BCUT2D eigenvalue weighted by Crippen LogP contribution is -2.49. The summed E-state index contributed by atoms with van der Waals surface area (Å²) in [6, 6.07) is 8.19. The molecule has 0 aliphatic carbocycles. The molecule has 1 aliphatic heterocycles. The van der Waals surface area contributed by atoms with Crippen molar-refractivity contribution < 1.29 is 13.2 Å². The normalized spacial score (nSPS) is 18.6. The van der Waals surface area contributed by atoms with Crippen LogP contribution in [0.1, 0.15) is 24.3 Å². The smallest absolute Gasteiger partial charge is 0.253 e. The van der Waals surface area contributed by atoms with E-state index in [-0.39, 0.29) is 10.1 Å². The van der Waals surface area contributed by atoms with Crippen LogP contribution in [0, 0.1) is 6.92 Å². The highest BCUT2D eigenvalue weighted by molar-refractivity contribution is 7.91. The molecular weight excluding hydrogens is 402 g/mol. The molecule has 3 aromatic rings. The molecule has 1 N–H and O–H groups in total. The number of piperidine rings is 1. The SMILES string of the molecule is Cc1nc2cc(NC(=O)C3CCCCN3S(=O)(=O)c3cccs3)ccc2s1. The van der Waals surface area contributed by atoms with E-state index in [1.807, 2.05) is 25.1 Å². The number of carbonyl (C=O) groups is 1. The molecule has 0 radical (unpaired) electrons. The maximum absolute atomic E-state index is 12.9. The van der Waals surface area contributed by atoms with E-state index in [1.165, 1.54) is 15.6 Å². The van der Waals surface area contributed by atoms with Gasteiger partial charge in [0.2, 0.25) is 5.91 Å². The number of aromatic nitrogens is 1. The van der Waals surface area contributed by atoms with Gasteiger partial charge in [-0.3, -0.25) is 4.79 Å². The number of rotatable bonds is 4. The summed E-state index contributed by atoms with van der Waals surface area (Å²) in [5.74, 6) is -0.291. The third kappa shape index (κ3) is 3.64. The molecule has 1 fully saturated rings. The molecule has 2 aromatic heterocycles. The highest BCUT2D eigenvalue weighted by atomic mass is 32.2. The van der Waals surface area contributed by atoms with Crippen molar-refractivity contribution in [3.63, 3.8) is 0 Å². The number of thiazole rings is 1. The Hall–Kier alpha value is -1.81. The number of amides is 1. The van der Waals surface area contributed by atoms with E-state index in [9.17, 15) is 13.2 Å². The molecule has 1 aliphatic rings. The maximum Gasteiger partial charge on any atom is 0.253 e. The summed E-state index contributed by atoms with van der Waals surface area (Å²) in [4.78, 5) is 17.3. The molecule has 1 unspecified atom stereocenters. The summed E-state index contributed by atoms with van der Waals surface area (Å²) < 4.78 is 28.6. The molecule has 9 heteroatoms. The van der Waals surface area contributed by atoms with Gasteiger partial charge in [-0.2, -0.15) is 4.31 Å². The van der Waals surface area contributed by atoms with Gasteiger partial charge in [0, 0.05) is 12.2 Å². The standard InChI is InChI=1S/C18H19N3O3S3/c1-12-19-14-11-13(7-8-16(14)26-12)20-18(22)15-5-2-3-9-21(15)27(23,24)17-6-4-10-25-17/h4,6-8,10-11,15H,2-3,5,9H2,1H3,(H,20,22). The third-order valence-corrected chi connectivity index (χ3v) is 8.81. The van der Waals surface area contributed by atoms with E-state index in [0.29, 0.717) is 18.7 Å². The van der Waals surface area contributed by atoms with Gasteiger partial charge in [-0.25, -0.2) is 13.4 Å². The first-order valence-corrected chi connectivity index (χ1v) is 11.8. The number of aryl methyl sites for hydroxylation is 1. The quantitative estimate of drug-likeness (QED) is 0.694. The van der Waals surface area contributed by atoms with Crippen molar-refractivity contribution in [3.8, 4) is 0 Å². The molecule has 27 heavy (non-hydrogen) atoms. The molecule has 4 rings (SSSR count). The van der Waals surface area contributed by atoms with Crippen LogP contribution in [0.15, 0.2) is 39.9 Å². The molecule has 6 nitrogen and oxygen atoms in total. The lowest BCUT2D eigenvalue weighted by atomic mass is 10.0. The van der Waals surface area contributed by atoms with Crippen molar-refractivity contribution in [3.05, 3.63) is 40.7 Å². The Balaban J connectivity index is 1.58. The van der Waals surface area contributed by atoms with Crippen LogP contribution in [-0.2, 0) is 14.8 Å². The number of nitrogens with one attached hydrogen (secondary N) is 1. The molecule has 3 heterocycles. The summed E-state index contributed by atoms with van der Waals surface area (Å²) in [7, 11) is -3.66. The van der Waals surface area contributed by atoms with E-state index in [2.05, 4.69) is 10.3 Å². The van der Waals surface area contributed by atoms with Crippen molar-refractivity contribution in [2.24, 2.45) is 0 Å². The van der Waals surface area contributed by atoms with Crippen molar-refractivity contribution >= 4 is 54.5 Å². The Morgan fingerprint density at radius 1 is 1.30 bits per heavy atom. The molecule has 1 amide bonds. The topological polar surface area (TPSA) is 79.4 Å². The molecule has 0 spiro atoms. The minimum absolute atomic E-state index is 0.279. The molecule has 1 aromatic carbocycles. The monoisotopic (exact) mass is 421 g/mol. The second-order valence-electron chi connectivity index (χ2n) is 6.46. The highest BCUT2D eigenvalue weighted by Crippen LogP contribution is 2.29. The second kappa shape index (κ2) is 7.31. The van der Waals surface area contributed by atoms with Crippen molar-refractivity contribution in [1.29, 1.82) is 0 Å². The number of hydrogen-bond donors (Lipinski definition) is 1. The Bertz CT molecular complexity index is 1070. The number of hydrogen-bond acceptors (Lipinski definition) is 6. The number of nitrogens with zero attached hydrogens (tertiary/aromatic N) is 2. The van der Waals surface area contributed by atoms with E-state index in [0.717, 1.165) is 28.1 Å². The number of anilines is 1. The Morgan fingerprint density at radius 2 is 2.15 bits per heavy atom. The van der Waals surface area contributed by atoms with Gasteiger partial charge in [0.05, 0.1) is 15.2 Å². The first-order chi connectivity index (χ1) is 12.9. The fraction of sp³-hybridized carbons (Fsp3) is 0.333. The van der Waals surface area contributed by atoms with Gasteiger partial charge in [-0.1, -0.05) is 12.5 Å². The van der Waals surface area contributed by atoms with Crippen LogP contribution in [0.4, 0.5) is 5.69 Å². The minimum Gasteiger partial charge on any atom is -0.325 e. The zero-order chi connectivity index (χ0) is 19.0. The van der Waals surface area contributed by atoms with Crippen LogP contribution in [0.25, 0.3) is 10.2 Å². The van der Waals surface area contributed by atoms with E-state index >= 15 is 0 Å². The predicted octanol–water partition coefficient (Wildman–Crippen LogP) is 3.85. The Labute approximate surface area is 165 Å². The Kier molecular flexibility index (Phi) is 5.02. The zero-order valence-electron chi connectivity index (χ0n) is 14.7. The van der Waals surface area contributed by atoms with Crippen LogP contribution >= 0.6 is 22.7 Å². The summed E-state index contributed by atoms with van der Waals surface area (Å²) in [6.07, 6.45) is 2.12. The van der Waals surface area contributed by atoms with Gasteiger partial charge in [-0.15, -0.1) is 22.7 Å². The lowest BCUT2D eigenvalue weighted by Gasteiger charge is -2.33. The first-order valence-electron chi connectivity index (χ1n) is 8.68. The fourth-order valence-electron chi connectivity index (χ4n) is 3.33. The minimum atomic E-state index is -3.66. The molecule has 142 valence electrons. The van der Waals surface area contributed by atoms with Gasteiger partial charge < -0.3 is 5.32 Å². The predicted molar refractivity (Wildman–Crippen MR) is 109 cm³/mol. The number of carbonyl (C=O) groups excluding carboxylic acids is 1. The Morgan fingerprint density at radius 3 is 2.93 bits per heavy atom. The number of fused-ring (bicyclic) bond motifs is 1. The van der Waals surface area contributed by atoms with Gasteiger partial charge in [0.25, 0.3) is 10.0 Å².